The predicted molar refractivity (Wildman–Crippen MR) is 70.9 cm³/mol. The van der Waals surface area contributed by atoms with Crippen LogP contribution in [0.15, 0.2) is 24.3 Å². The minimum Gasteiger partial charge on any atom is -0.396 e. The van der Waals surface area contributed by atoms with E-state index in [4.69, 9.17) is 9.84 Å². The minimum atomic E-state index is -3.36. The number of sulfonamides is 1. The van der Waals surface area contributed by atoms with Crippen LogP contribution in [0.5, 0.6) is 0 Å². The summed E-state index contributed by atoms with van der Waals surface area (Å²) in [5.74, 6) is 0.00881. The van der Waals surface area contributed by atoms with Gasteiger partial charge in [-0.3, -0.25) is 4.72 Å². The summed E-state index contributed by atoms with van der Waals surface area (Å²) in [5, 5.41) is 8.64. The van der Waals surface area contributed by atoms with Gasteiger partial charge in [0.05, 0.1) is 18.0 Å². The van der Waals surface area contributed by atoms with Crippen molar-refractivity contribution in [2.24, 2.45) is 0 Å². The molecular formula is C12H19NO4S. The minimum absolute atomic E-state index is 0.00881. The average Bonchev–Trinajstić information content (AvgIpc) is 2.32. The second-order valence-corrected chi connectivity index (χ2v) is 5.78. The highest BCUT2D eigenvalue weighted by molar-refractivity contribution is 7.92. The van der Waals surface area contributed by atoms with Crippen molar-refractivity contribution in [1.82, 2.24) is 0 Å². The first-order valence-corrected chi connectivity index (χ1v) is 7.42. The summed E-state index contributed by atoms with van der Waals surface area (Å²) in [4.78, 5) is 0. The van der Waals surface area contributed by atoms with E-state index in [0.717, 1.165) is 5.56 Å². The van der Waals surface area contributed by atoms with Crippen LogP contribution in [0.1, 0.15) is 18.4 Å². The van der Waals surface area contributed by atoms with E-state index >= 15 is 0 Å². The quantitative estimate of drug-likeness (QED) is 0.701. The fraction of sp³-hybridized carbons (Fsp3) is 0.500. The fourth-order valence-corrected chi connectivity index (χ4v) is 2.74. The molecule has 0 fully saturated rings. The summed E-state index contributed by atoms with van der Waals surface area (Å²) >= 11 is 0. The summed E-state index contributed by atoms with van der Waals surface area (Å²) in [5.41, 5.74) is 1.34. The lowest BCUT2D eigenvalue weighted by atomic mass is 10.2. The first kappa shape index (κ1) is 14.9. The Labute approximate surface area is 108 Å². The maximum Gasteiger partial charge on any atom is 0.232 e. The zero-order valence-corrected chi connectivity index (χ0v) is 11.2. The van der Waals surface area contributed by atoms with Crippen LogP contribution < -0.4 is 4.72 Å². The lowest BCUT2D eigenvalue weighted by molar-refractivity contribution is 0.185. The number of hydrogen-bond acceptors (Lipinski definition) is 4. The van der Waals surface area contributed by atoms with Gasteiger partial charge in [0, 0.05) is 19.3 Å². The molecule has 0 atom stereocenters. The number of methoxy groups -OCH3 is 1. The molecule has 0 aliphatic carbocycles. The molecule has 1 aromatic rings. The van der Waals surface area contributed by atoms with E-state index in [1.165, 1.54) is 0 Å². The summed E-state index contributed by atoms with van der Waals surface area (Å²) in [6.45, 7) is 0.366. The molecule has 0 radical (unpaired) electrons. The average molecular weight is 273 g/mol. The van der Waals surface area contributed by atoms with Crippen LogP contribution in [-0.4, -0.2) is 33.0 Å². The van der Waals surface area contributed by atoms with Crippen LogP contribution in [0.2, 0.25) is 0 Å². The molecule has 0 saturated heterocycles. The Morgan fingerprint density at radius 3 is 2.67 bits per heavy atom. The molecular weight excluding hydrogens is 254 g/mol. The lowest BCUT2D eigenvalue weighted by Crippen LogP contribution is -2.18. The van der Waals surface area contributed by atoms with Crippen molar-refractivity contribution in [3.05, 3.63) is 29.8 Å². The maximum atomic E-state index is 11.8. The molecule has 1 aromatic carbocycles. The van der Waals surface area contributed by atoms with E-state index in [9.17, 15) is 8.42 Å². The smallest absolute Gasteiger partial charge is 0.232 e. The highest BCUT2D eigenvalue weighted by Crippen LogP contribution is 2.17. The second-order valence-electron chi connectivity index (χ2n) is 3.94. The number of para-hydroxylation sites is 1. The molecule has 18 heavy (non-hydrogen) atoms. The lowest BCUT2D eigenvalue weighted by Gasteiger charge is -2.11. The Kier molecular flexibility index (Phi) is 6.11. The largest absolute Gasteiger partial charge is 0.396 e. The molecule has 0 aliphatic heterocycles. The fourth-order valence-electron chi connectivity index (χ4n) is 1.52. The molecule has 102 valence electrons. The van der Waals surface area contributed by atoms with Crippen LogP contribution in [0.3, 0.4) is 0 Å². The van der Waals surface area contributed by atoms with Crippen molar-refractivity contribution >= 4 is 15.7 Å². The van der Waals surface area contributed by atoms with E-state index in [0.29, 0.717) is 25.1 Å². The van der Waals surface area contributed by atoms with Crippen LogP contribution in [0.4, 0.5) is 5.69 Å². The number of hydrogen-bond donors (Lipinski definition) is 2. The number of unbranched alkanes of at least 4 members (excludes halogenated alkanes) is 1. The molecule has 0 bridgehead atoms. The van der Waals surface area contributed by atoms with Crippen LogP contribution in [0, 0.1) is 0 Å². The zero-order valence-electron chi connectivity index (χ0n) is 10.4. The zero-order chi connectivity index (χ0) is 13.4. The van der Waals surface area contributed by atoms with Crippen molar-refractivity contribution in [3.63, 3.8) is 0 Å². The van der Waals surface area contributed by atoms with Gasteiger partial charge in [0.1, 0.15) is 0 Å². The third-order valence-corrected chi connectivity index (χ3v) is 3.76. The Bertz CT molecular complexity index is 459. The van der Waals surface area contributed by atoms with Gasteiger partial charge >= 0.3 is 0 Å². The number of ether oxygens (including phenoxy) is 1. The maximum absolute atomic E-state index is 11.8. The van der Waals surface area contributed by atoms with Crippen LogP contribution in [-0.2, 0) is 21.4 Å². The molecule has 0 aromatic heterocycles. The normalized spacial score (nSPS) is 11.4. The molecule has 0 heterocycles. The molecule has 0 amide bonds. The number of anilines is 1. The van der Waals surface area contributed by atoms with E-state index in [1.807, 2.05) is 12.1 Å². The van der Waals surface area contributed by atoms with Crippen LogP contribution in [0.25, 0.3) is 0 Å². The van der Waals surface area contributed by atoms with Gasteiger partial charge < -0.3 is 9.84 Å². The Morgan fingerprint density at radius 1 is 1.28 bits per heavy atom. The van der Waals surface area contributed by atoms with Gasteiger partial charge in [0.2, 0.25) is 10.0 Å². The van der Waals surface area contributed by atoms with Crippen molar-refractivity contribution in [1.29, 1.82) is 0 Å². The highest BCUT2D eigenvalue weighted by Gasteiger charge is 2.12. The van der Waals surface area contributed by atoms with E-state index in [2.05, 4.69) is 4.72 Å². The molecule has 0 spiro atoms. The van der Waals surface area contributed by atoms with E-state index < -0.39 is 10.0 Å². The van der Waals surface area contributed by atoms with Crippen molar-refractivity contribution < 1.29 is 18.3 Å². The van der Waals surface area contributed by atoms with Gasteiger partial charge in [0.15, 0.2) is 0 Å². The van der Waals surface area contributed by atoms with Crippen molar-refractivity contribution in [2.45, 2.75) is 19.4 Å². The molecule has 0 aliphatic rings. The summed E-state index contributed by atoms with van der Waals surface area (Å²) < 4.78 is 31.2. The number of benzene rings is 1. The number of nitrogens with one attached hydrogen (secondary N) is 1. The van der Waals surface area contributed by atoms with E-state index in [1.54, 1.807) is 19.2 Å². The first-order chi connectivity index (χ1) is 8.59. The van der Waals surface area contributed by atoms with Gasteiger partial charge in [-0.15, -0.1) is 0 Å². The summed E-state index contributed by atoms with van der Waals surface area (Å²) in [6, 6.07) is 7.12. The molecule has 1 rings (SSSR count). The number of rotatable bonds is 8. The third-order valence-electron chi connectivity index (χ3n) is 2.40. The number of aliphatic hydroxyl groups is 1. The number of aliphatic hydroxyl groups excluding tert-OH is 1. The Hall–Kier alpha value is -1.11. The standard InChI is InChI=1S/C12H19NO4S/c1-17-10-11-6-2-3-7-12(11)13-18(15,16)9-5-4-8-14/h2-3,6-7,13-14H,4-5,8-10H2,1H3. The van der Waals surface area contributed by atoms with Gasteiger partial charge in [-0.2, -0.15) is 0 Å². The molecule has 5 nitrogen and oxygen atoms in total. The molecule has 6 heteroatoms. The van der Waals surface area contributed by atoms with Gasteiger partial charge in [-0.25, -0.2) is 8.42 Å². The highest BCUT2D eigenvalue weighted by atomic mass is 32.2. The first-order valence-electron chi connectivity index (χ1n) is 5.77. The molecule has 0 unspecified atom stereocenters. The van der Waals surface area contributed by atoms with Gasteiger partial charge in [-0.1, -0.05) is 18.2 Å². The van der Waals surface area contributed by atoms with Gasteiger partial charge in [-0.05, 0) is 18.9 Å². The molecule has 0 saturated carbocycles. The molecule has 2 N–H and O–H groups in total. The summed E-state index contributed by atoms with van der Waals surface area (Å²) in [6.07, 6.45) is 0.929. The third kappa shape index (κ3) is 5.03. The Morgan fingerprint density at radius 2 is 2.00 bits per heavy atom. The SMILES string of the molecule is COCc1ccccc1NS(=O)(=O)CCCCO. The van der Waals surface area contributed by atoms with Crippen molar-refractivity contribution in [3.8, 4) is 0 Å². The van der Waals surface area contributed by atoms with E-state index in [-0.39, 0.29) is 12.4 Å². The van der Waals surface area contributed by atoms with Crippen molar-refractivity contribution in [2.75, 3.05) is 24.2 Å². The topological polar surface area (TPSA) is 75.6 Å². The predicted octanol–water partition coefficient (Wildman–Crippen LogP) is 1.35. The second kappa shape index (κ2) is 7.35. The monoisotopic (exact) mass is 273 g/mol. The van der Waals surface area contributed by atoms with Gasteiger partial charge in [0.25, 0.3) is 0 Å². The van der Waals surface area contributed by atoms with Crippen LogP contribution >= 0.6 is 0 Å². The Balaban J connectivity index is 2.71. The summed E-state index contributed by atoms with van der Waals surface area (Å²) in [7, 11) is -1.80.